The Morgan fingerprint density at radius 1 is 0.971 bits per heavy atom. The molecule has 0 aromatic heterocycles. The summed E-state index contributed by atoms with van der Waals surface area (Å²) in [4.78, 5) is 2.31. The molecule has 3 aliphatic rings. The van der Waals surface area contributed by atoms with Crippen LogP contribution in [0.15, 0.2) is 94.7 Å². The van der Waals surface area contributed by atoms with Crippen molar-refractivity contribution < 1.29 is 4.58 Å². The molecule has 2 heterocycles. The highest BCUT2D eigenvalue weighted by Crippen LogP contribution is 2.49. The van der Waals surface area contributed by atoms with Crippen molar-refractivity contribution in [3.63, 3.8) is 0 Å². The maximum absolute atomic E-state index is 6.99. The number of halogens is 1. The molecule has 0 atom stereocenters. The zero-order valence-corrected chi connectivity index (χ0v) is 22.3. The Labute approximate surface area is 215 Å². The summed E-state index contributed by atoms with van der Waals surface area (Å²) in [5, 5.41) is 0.893. The second kappa shape index (κ2) is 8.60. The monoisotopic (exact) mass is 482 g/mol. The van der Waals surface area contributed by atoms with Crippen molar-refractivity contribution in [2.24, 2.45) is 0 Å². The van der Waals surface area contributed by atoms with E-state index >= 15 is 0 Å². The molecule has 2 nitrogen and oxygen atoms in total. The fourth-order valence-electron chi connectivity index (χ4n) is 6.01. The van der Waals surface area contributed by atoms with Gasteiger partial charge in [0.25, 0.3) is 0 Å². The summed E-state index contributed by atoms with van der Waals surface area (Å²) in [7, 11) is 2.16. The minimum absolute atomic E-state index is 0.0344. The van der Waals surface area contributed by atoms with Gasteiger partial charge in [-0.25, -0.2) is 0 Å². The van der Waals surface area contributed by atoms with Crippen molar-refractivity contribution in [2.75, 3.05) is 11.9 Å². The molecule has 2 aromatic carbocycles. The van der Waals surface area contributed by atoms with E-state index in [9.17, 15) is 0 Å². The predicted molar refractivity (Wildman–Crippen MR) is 150 cm³/mol. The highest BCUT2D eigenvalue weighted by Gasteiger charge is 2.42. The summed E-state index contributed by atoms with van der Waals surface area (Å²) in [5.74, 6) is 0. The normalized spacial score (nSPS) is 23.1. The van der Waals surface area contributed by atoms with Crippen LogP contribution >= 0.6 is 11.6 Å². The van der Waals surface area contributed by atoms with Crippen LogP contribution in [0.1, 0.15) is 58.1 Å². The molecular weight excluding hydrogens is 448 g/mol. The third kappa shape index (κ3) is 3.79. The second-order valence-corrected chi connectivity index (χ2v) is 11.3. The van der Waals surface area contributed by atoms with Crippen LogP contribution in [0.5, 0.6) is 0 Å². The second-order valence-electron chi connectivity index (χ2n) is 10.9. The van der Waals surface area contributed by atoms with Gasteiger partial charge in [-0.3, -0.25) is 4.58 Å². The van der Waals surface area contributed by atoms with Gasteiger partial charge in [-0.05, 0) is 54.2 Å². The van der Waals surface area contributed by atoms with Crippen LogP contribution in [0.4, 0.5) is 11.4 Å². The van der Waals surface area contributed by atoms with Crippen LogP contribution in [0, 0.1) is 6.04 Å². The molecular formula is C32H35ClN2. The molecule has 2 aromatic rings. The lowest BCUT2D eigenvalue weighted by Crippen LogP contribution is -2.24. The van der Waals surface area contributed by atoms with Crippen molar-refractivity contribution >= 4 is 29.7 Å². The van der Waals surface area contributed by atoms with Gasteiger partial charge in [0.1, 0.15) is 11.7 Å². The minimum atomic E-state index is -0.0900. The summed E-state index contributed by atoms with van der Waals surface area (Å²) in [6.45, 7) is 13.5. The molecule has 1 aliphatic carbocycles. The van der Waals surface area contributed by atoms with E-state index in [1.165, 1.54) is 45.4 Å². The van der Waals surface area contributed by atoms with Gasteiger partial charge in [0, 0.05) is 34.3 Å². The van der Waals surface area contributed by atoms with Crippen molar-refractivity contribution in [1.29, 1.82) is 0 Å². The SMILES string of the molecule is C=[N+]1c2ccccc2C(C)(C)[C-]1C=CC1=C(Cl)C(=CC=C2N(C)c3ccccc3C2(C)C)CCC1. The third-order valence-corrected chi connectivity index (χ3v) is 8.57. The van der Waals surface area contributed by atoms with E-state index in [1.54, 1.807) is 0 Å². The summed E-state index contributed by atoms with van der Waals surface area (Å²) >= 11 is 6.99. The van der Waals surface area contributed by atoms with Crippen LogP contribution in [0.2, 0.25) is 0 Å². The number of hydrogen-bond acceptors (Lipinski definition) is 1. The number of benzene rings is 2. The standard InChI is InChI=1S/C32H35ClN2/c1-31(2)24-14-7-9-16-26(24)34(5)28(31)20-18-22-12-11-13-23(30(22)33)19-21-29-32(3,4)25-15-8-10-17-27(25)35(29)6/h7-10,14-21H,5,11-13H2,1-4,6H3. The summed E-state index contributed by atoms with van der Waals surface area (Å²) in [6, 6.07) is 18.4. The van der Waals surface area contributed by atoms with Gasteiger partial charge in [0.15, 0.2) is 0 Å². The number of fused-ring (bicyclic) bond motifs is 2. The number of nitrogens with zero attached hydrogens (tertiary/aromatic N) is 2. The minimum Gasteiger partial charge on any atom is -0.347 e. The lowest BCUT2D eigenvalue weighted by atomic mass is 9.80. The van der Waals surface area contributed by atoms with Crippen LogP contribution in [0.3, 0.4) is 0 Å². The molecule has 0 amide bonds. The Bertz CT molecular complexity index is 1320. The first-order valence-corrected chi connectivity index (χ1v) is 12.9. The van der Waals surface area contributed by atoms with Crippen LogP contribution in [-0.2, 0) is 10.8 Å². The van der Waals surface area contributed by atoms with Gasteiger partial charge in [0.2, 0.25) is 0 Å². The molecule has 0 saturated carbocycles. The molecule has 0 unspecified atom stereocenters. The highest BCUT2D eigenvalue weighted by molar-refractivity contribution is 6.32. The molecule has 35 heavy (non-hydrogen) atoms. The maximum atomic E-state index is 6.99. The summed E-state index contributed by atoms with van der Waals surface area (Å²) in [5.41, 5.74) is 8.75. The molecule has 0 saturated heterocycles. The first-order chi connectivity index (χ1) is 16.6. The number of rotatable bonds is 3. The number of para-hydroxylation sites is 2. The Kier molecular flexibility index (Phi) is 5.84. The molecule has 0 N–H and O–H groups in total. The molecule has 0 fully saturated rings. The van der Waals surface area contributed by atoms with E-state index in [-0.39, 0.29) is 10.8 Å². The van der Waals surface area contributed by atoms with Gasteiger partial charge in [-0.2, -0.15) is 0 Å². The molecule has 2 aliphatic heterocycles. The fourth-order valence-corrected chi connectivity index (χ4v) is 6.32. The zero-order valence-electron chi connectivity index (χ0n) is 21.5. The van der Waals surface area contributed by atoms with E-state index < -0.39 is 0 Å². The first-order valence-electron chi connectivity index (χ1n) is 12.5. The van der Waals surface area contributed by atoms with Gasteiger partial charge < -0.3 is 4.90 Å². The number of hydrogen-bond donors (Lipinski definition) is 0. The van der Waals surface area contributed by atoms with Gasteiger partial charge >= 0.3 is 0 Å². The Morgan fingerprint density at radius 3 is 2.37 bits per heavy atom. The summed E-state index contributed by atoms with van der Waals surface area (Å²) < 4.78 is 2.07. The van der Waals surface area contributed by atoms with E-state index in [0.717, 1.165) is 24.3 Å². The highest BCUT2D eigenvalue weighted by atomic mass is 35.5. The average Bonchev–Trinajstić information content (AvgIpc) is 3.16. The Hall–Kier alpha value is -2.97. The number of allylic oxidation sites excluding steroid dienone is 7. The first kappa shape index (κ1) is 23.8. The lowest BCUT2D eigenvalue weighted by molar-refractivity contribution is -0.405. The zero-order chi connectivity index (χ0) is 25.0. The molecule has 180 valence electrons. The number of likely N-dealkylation sites (N-methyl/N-ethyl adjacent to an activating group) is 1. The molecule has 0 radical (unpaired) electrons. The van der Waals surface area contributed by atoms with Gasteiger partial charge in [0.05, 0.1) is 6.72 Å². The lowest BCUT2D eigenvalue weighted by Gasteiger charge is -2.25. The van der Waals surface area contributed by atoms with E-state index in [2.05, 4.69) is 124 Å². The van der Waals surface area contributed by atoms with Crippen LogP contribution in [-0.4, -0.2) is 18.3 Å². The molecule has 3 heteroatoms. The number of anilines is 1. The molecule has 0 bridgehead atoms. The van der Waals surface area contributed by atoms with Crippen LogP contribution in [0.25, 0.3) is 0 Å². The maximum Gasteiger partial charge on any atom is 0.135 e. The third-order valence-electron chi connectivity index (χ3n) is 8.08. The fraction of sp³-hybridized carbons (Fsp3) is 0.312. The predicted octanol–water partition coefficient (Wildman–Crippen LogP) is 8.33. The van der Waals surface area contributed by atoms with Crippen molar-refractivity contribution in [2.45, 2.75) is 57.8 Å². The van der Waals surface area contributed by atoms with Crippen molar-refractivity contribution in [3.05, 3.63) is 112 Å². The Morgan fingerprint density at radius 2 is 1.66 bits per heavy atom. The Balaban J connectivity index is 1.43. The van der Waals surface area contributed by atoms with E-state index in [0.29, 0.717) is 0 Å². The smallest absolute Gasteiger partial charge is 0.135 e. The van der Waals surface area contributed by atoms with E-state index in [4.69, 9.17) is 11.6 Å². The van der Waals surface area contributed by atoms with Crippen molar-refractivity contribution in [1.82, 2.24) is 0 Å². The van der Waals surface area contributed by atoms with Crippen molar-refractivity contribution in [3.8, 4) is 0 Å². The van der Waals surface area contributed by atoms with Crippen LogP contribution < -0.4 is 4.90 Å². The van der Waals surface area contributed by atoms with Gasteiger partial charge in [-0.1, -0.05) is 93.4 Å². The topological polar surface area (TPSA) is 6.25 Å². The molecule has 0 spiro atoms. The summed E-state index contributed by atoms with van der Waals surface area (Å²) in [6.07, 6.45) is 12.1. The average molecular weight is 483 g/mol. The largest absolute Gasteiger partial charge is 0.347 e. The van der Waals surface area contributed by atoms with Gasteiger partial charge in [-0.15, -0.1) is 6.08 Å². The van der Waals surface area contributed by atoms with E-state index in [1.807, 2.05) is 0 Å². The quantitative estimate of drug-likeness (QED) is 0.315. The molecule has 5 rings (SSSR count).